The van der Waals surface area contributed by atoms with Crippen molar-refractivity contribution in [1.82, 2.24) is 14.9 Å². The zero-order chi connectivity index (χ0) is 10.8. The molecule has 15 heavy (non-hydrogen) atoms. The Kier molecular flexibility index (Phi) is 2.70. The van der Waals surface area contributed by atoms with Crippen LogP contribution in [0.4, 0.5) is 0 Å². The van der Waals surface area contributed by atoms with Crippen LogP contribution in [0.2, 0.25) is 0 Å². The van der Waals surface area contributed by atoms with Gasteiger partial charge in [0.25, 0.3) is 0 Å². The monoisotopic (exact) mass is 205 g/mol. The zero-order valence-electron chi connectivity index (χ0n) is 8.99. The second kappa shape index (κ2) is 4.00. The summed E-state index contributed by atoms with van der Waals surface area (Å²) in [5, 5.41) is 8.92. The molecule has 4 heteroatoms. The molecule has 1 aromatic heterocycles. The summed E-state index contributed by atoms with van der Waals surface area (Å²) in [6, 6.07) is 6.11. The lowest BCUT2D eigenvalue weighted by atomic mass is 10.2. The van der Waals surface area contributed by atoms with Crippen molar-refractivity contribution < 1.29 is 5.11 Å². The van der Waals surface area contributed by atoms with Crippen molar-refractivity contribution in [2.24, 2.45) is 0 Å². The summed E-state index contributed by atoms with van der Waals surface area (Å²) in [7, 11) is 1.88. The normalized spacial score (nSPS) is 11.5. The molecule has 0 unspecified atom stereocenters. The van der Waals surface area contributed by atoms with Crippen LogP contribution in [0.25, 0.3) is 11.0 Å². The van der Waals surface area contributed by atoms with Gasteiger partial charge in [-0.1, -0.05) is 6.07 Å². The Hall–Kier alpha value is -1.39. The first-order valence-corrected chi connectivity index (χ1v) is 4.93. The standard InChI is InChI=1S/C11H15N3O/c1-8-12-10-4-3-9(5-11(10)13-8)6-14(2)7-15/h3-5,15H,6-7H2,1-2H3,(H,12,13). The predicted octanol–water partition coefficient (Wildman–Crippen LogP) is 1.25. The smallest absolute Gasteiger partial charge is 0.104 e. The van der Waals surface area contributed by atoms with E-state index >= 15 is 0 Å². The number of aliphatic hydroxyl groups excluding tert-OH is 1. The molecule has 0 fully saturated rings. The highest BCUT2D eigenvalue weighted by Gasteiger charge is 2.02. The second-order valence-corrected chi connectivity index (χ2v) is 3.83. The predicted molar refractivity (Wildman–Crippen MR) is 59.4 cm³/mol. The van der Waals surface area contributed by atoms with Crippen molar-refractivity contribution in [2.45, 2.75) is 13.5 Å². The van der Waals surface area contributed by atoms with Crippen LogP contribution in [0.15, 0.2) is 18.2 Å². The minimum absolute atomic E-state index is 0.0695. The number of fused-ring (bicyclic) bond motifs is 1. The van der Waals surface area contributed by atoms with E-state index in [0.717, 1.165) is 23.4 Å². The molecule has 0 atom stereocenters. The zero-order valence-corrected chi connectivity index (χ0v) is 8.99. The third-order valence-corrected chi connectivity index (χ3v) is 2.36. The molecule has 2 aromatic rings. The van der Waals surface area contributed by atoms with Crippen molar-refractivity contribution in [3.8, 4) is 0 Å². The van der Waals surface area contributed by atoms with Gasteiger partial charge in [0.05, 0.1) is 17.8 Å². The van der Waals surface area contributed by atoms with E-state index in [9.17, 15) is 0 Å². The highest BCUT2D eigenvalue weighted by Crippen LogP contribution is 2.14. The Morgan fingerprint density at radius 2 is 2.27 bits per heavy atom. The number of aromatic nitrogens is 2. The minimum atomic E-state index is 0.0695. The second-order valence-electron chi connectivity index (χ2n) is 3.83. The summed E-state index contributed by atoms with van der Waals surface area (Å²) >= 11 is 0. The molecule has 0 spiro atoms. The Morgan fingerprint density at radius 3 is 3.00 bits per heavy atom. The molecule has 0 radical (unpaired) electrons. The number of hydrogen-bond donors (Lipinski definition) is 2. The molecule has 0 amide bonds. The van der Waals surface area contributed by atoms with E-state index in [1.165, 1.54) is 5.56 Å². The van der Waals surface area contributed by atoms with Gasteiger partial charge in [-0.15, -0.1) is 0 Å². The number of aromatic amines is 1. The number of benzene rings is 1. The number of nitrogens with one attached hydrogen (secondary N) is 1. The minimum Gasteiger partial charge on any atom is -0.381 e. The topological polar surface area (TPSA) is 52.1 Å². The van der Waals surface area contributed by atoms with Gasteiger partial charge in [-0.05, 0) is 31.7 Å². The summed E-state index contributed by atoms with van der Waals surface area (Å²) in [6.45, 7) is 2.75. The number of nitrogens with zero attached hydrogens (tertiary/aromatic N) is 2. The van der Waals surface area contributed by atoms with Crippen molar-refractivity contribution in [3.05, 3.63) is 29.6 Å². The van der Waals surface area contributed by atoms with Crippen LogP contribution in [0.1, 0.15) is 11.4 Å². The van der Waals surface area contributed by atoms with Crippen LogP contribution < -0.4 is 0 Å². The molecule has 0 aliphatic heterocycles. The van der Waals surface area contributed by atoms with Crippen molar-refractivity contribution in [1.29, 1.82) is 0 Å². The van der Waals surface area contributed by atoms with E-state index in [2.05, 4.69) is 16.0 Å². The van der Waals surface area contributed by atoms with Crippen LogP contribution in [0.5, 0.6) is 0 Å². The summed E-state index contributed by atoms with van der Waals surface area (Å²) in [5.41, 5.74) is 3.21. The van der Waals surface area contributed by atoms with Gasteiger partial charge in [-0.2, -0.15) is 0 Å². The van der Waals surface area contributed by atoms with Crippen LogP contribution >= 0.6 is 0 Å². The average Bonchev–Trinajstić information content (AvgIpc) is 2.57. The lowest BCUT2D eigenvalue weighted by Crippen LogP contribution is -2.18. The molecule has 2 N–H and O–H groups in total. The molecule has 4 nitrogen and oxygen atoms in total. The first-order valence-electron chi connectivity index (χ1n) is 4.93. The molecule has 0 saturated carbocycles. The van der Waals surface area contributed by atoms with Crippen LogP contribution in [-0.2, 0) is 6.54 Å². The highest BCUT2D eigenvalue weighted by atomic mass is 16.3. The van der Waals surface area contributed by atoms with Crippen molar-refractivity contribution in [2.75, 3.05) is 13.8 Å². The molecular formula is C11H15N3O. The summed E-state index contributed by atoms with van der Waals surface area (Å²) in [4.78, 5) is 9.37. The molecule has 1 aromatic carbocycles. The summed E-state index contributed by atoms with van der Waals surface area (Å²) < 4.78 is 0. The van der Waals surface area contributed by atoms with Gasteiger partial charge in [-0.3, -0.25) is 4.90 Å². The molecule has 2 rings (SSSR count). The maximum atomic E-state index is 8.92. The van der Waals surface area contributed by atoms with E-state index in [0.29, 0.717) is 0 Å². The van der Waals surface area contributed by atoms with Gasteiger partial charge in [-0.25, -0.2) is 4.98 Å². The first-order chi connectivity index (χ1) is 7.19. The summed E-state index contributed by atoms with van der Waals surface area (Å²) in [6.07, 6.45) is 0. The van der Waals surface area contributed by atoms with Crippen LogP contribution in [-0.4, -0.2) is 33.8 Å². The molecule has 0 aliphatic rings. The quantitative estimate of drug-likeness (QED) is 0.741. The first kappa shape index (κ1) is 10.1. The van der Waals surface area contributed by atoms with Gasteiger partial charge < -0.3 is 10.1 Å². The molecule has 80 valence electrons. The van der Waals surface area contributed by atoms with Gasteiger partial charge in [0.1, 0.15) is 5.82 Å². The van der Waals surface area contributed by atoms with E-state index in [1.807, 2.05) is 31.0 Å². The molecule has 0 aliphatic carbocycles. The van der Waals surface area contributed by atoms with Gasteiger partial charge in [0, 0.05) is 6.54 Å². The van der Waals surface area contributed by atoms with E-state index in [-0.39, 0.29) is 6.73 Å². The van der Waals surface area contributed by atoms with Crippen LogP contribution in [0.3, 0.4) is 0 Å². The maximum absolute atomic E-state index is 8.92. The number of imidazole rings is 1. The Bertz CT molecular complexity index is 464. The van der Waals surface area contributed by atoms with Crippen LogP contribution in [0, 0.1) is 6.92 Å². The van der Waals surface area contributed by atoms with Crippen molar-refractivity contribution >= 4 is 11.0 Å². The number of rotatable bonds is 3. The fourth-order valence-corrected chi connectivity index (χ4v) is 1.64. The Labute approximate surface area is 88.6 Å². The maximum Gasteiger partial charge on any atom is 0.104 e. The van der Waals surface area contributed by atoms with Gasteiger partial charge in [0.2, 0.25) is 0 Å². The lowest BCUT2D eigenvalue weighted by molar-refractivity contribution is 0.127. The highest BCUT2D eigenvalue weighted by molar-refractivity contribution is 5.75. The molecule has 0 bridgehead atoms. The lowest BCUT2D eigenvalue weighted by Gasteiger charge is -2.12. The number of H-pyrrole nitrogens is 1. The van der Waals surface area contributed by atoms with Crippen molar-refractivity contribution in [3.63, 3.8) is 0 Å². The number of aliphatic hydroxyl groups is 1. The average molecular weight is 205 g/mol. The fourth-order valence-electron chi connectivity index (χ4n) is 1.64. The van der Waals surface area contributed by atoms with Gasteiger partial charge >= 0.3 is 0 Å². The Morgan fingerprint density at radius 1 is 1.47 bits per heavy atom. The Balaban J connectivity index is 2.30. The number of hydrogen-bond acceptors (Lipinski definition) is 3. The number of aryl methyl sites for hydroxylation is 1. The van der Waals surface area contributed by atoms with E-state index in [1.54, 1.807) is 0 Å². The fraction of sp³-hybridized carbons (Fsp3) is 0.364. The SMILES string of the molecule is Cc1nc2ccc(CN(C)CO)cc2[nH]1. The third-order valence-electron chi connectivity index (χ3n) is 2.36. The van der Waals surface area contributed by atoms with E-state index < -0.39 is 0 Å². The third kappa shape index (κ3) is 2.16. The molecular weight excluding hydrogens is 190 g/mol. The van der Waals surface area contributed by atoms with E-state index in [4.69, 9.17) is 5.11 Å². The summed E-state index contributed by atoms with van der Waals surface area (Å²) in [5.74, 6) is 0.928. The largest absolute Gasteiger partial charge is 0.381 e. The van der Waals surface area contributed by atoms with Gasteiger partial charge in [0.15, 0.2) is 0 Å². The molecule has 1 heterocycles. The molecule has 0 saturated heterocycles.